The summed E-state index contributed by atoms with van der Waals surface area (Å²) in [6, 6.07) is -0.392. The first-order valence-electron chi connectivity index (χ1n) is 24.0. The van der Waals surface area contributed by atoms with E-state index >= 15 is 0 Å². The molecule has 1 unspecified atom stereocenters. The maximum absolute atomic E-state index is 13.7. The molecule has 3 aromatic rings. The molecule has 5 heterocycles. The zero-order valence-electron chi connectivity index (χ0n) is 40.0. The Balaban J connectivity index is 1.21. The molecular weight excluding hydrogens is 785 g/mol. The molecule has 0 aromatic carbocycles. The number of fused-ring (bicyclic) bond motifs is 8. The average molecular weight is 861 g/mol. The number of rotatable bonds is 20. The number of hydrogen-bond donors (Lipinski definition) is 5. The van der Waals surface area contributed by atoms with Crippen molar-refractivity contribution in [2.45, 2.75) is 152 Å². The number of aromatic nitrogens is 3. The van der Waals surface area contributed by atoms with Gasteiger partial charge in [0.15, 0.2) is 0 Å². The van der Waals surface area contributed by atoms with Crippen molar-refractivity contribution >= 4 is 47.6 Å². The molecule has 9 heteroatoms. The van der Waals surface area contributed by atoms with E-state index in [9.17, 15) is 14.7 Å². The number of carbonyl (C=O) groups is 2. The Morgan fingerprint density at radius 3 is 2.27 bits per heavy atom. The second-order valence-corrected chi connectivity index (χ2v) is 19.3. The number of esters is 2. The Labute approximate surface area is 376 Å². The van der Waals surface area contributed by atoms with Gasteiger partial charge in [-0.1, -0.05) is 104 Å². The van der Waals surface area contributed by atoms with Crippen molar-refractivity contribution in [1.29, 1.82) is 0 Å². The molecule has 63 heavy (non-hydrogen) atoms. The first kappa shape index (κ1) is 47.6. The molecule has 0 saturated carbocycles. The van der Waals surface area contributed by atoms with E-state index in [-0.39, 0.29) is 36.6 Å². The molecular formula is C54H76N4O5. The van der Waals surface area contributed by atoms with E-state index in [1.54, 1.807) is 0 Å². The van der Waals surface area contributed by atoms with Crippen LogP contribution in [0.25, 0.3) is 35.6 Å². The Morgan fingerprint density at radius 2 is 1.56 bits per heavy atom. The van der Waals surface area contributed by atoms with Gasteiger partial charge in [0.25, 0.3) is 0 Å². The summed E-state index contributed by atoms with van der Waals surface area (Å²) in [6.45, 7) is 24.2. The van der Waals surface area contributed by atoms with Gasteiger partial charge in [-0.3, -0.25) is 9.59 Å². The number of hydrogen-bond acceptors (Lipinski definition) is 6. The lowest BCUT2D eigenvalue weighted by molar-refractivity contribution is -0.143. The number of ether oxygens (including phenoxy) is 2. The molecule has 1 fully saturated rings. The monoisotopic (exact) mass is 861 g/mol. The van der Waals surface area contributed by atoms with Crippen LogP contribution in [0.5, 0.6) is 0 Å². The summed E-state index contributed by atoms with van der Waals surface area (Å²) in [7, 11) is 1.36. The lowest BCUT2D eigenvalue weighted by Gasteiger charge is -2.26. The number of aliphatic hydroxyl groups excluding tert-OH is 1. The largest absolute Gasteiger partial charge is 0.510 e. The summed E-state index contributed by atoms with van der Waals surface area (Å²) in [5.41, 5.74) is 11.1. The Kier molecular flexibility index (Phi) is 16.0. The molecule has 9 nitrogen and oxygen atoms in total. The Bertz CT molecular complexity index is 2470. The van der Waals surface area contributed by atoms with E-state index in [4.69, 9.17) is 9.47 Å². The van der Waals surface area contributed by atoms with E-state index in [0.717, 1.165) is 92.2 Å². The minimum atomic E-state index is -0.992. The van der Waals surface area contributed by atoms with Gasteiger partial charge in [0.2, 0.25) is 0 Å². The number of aromatic amines is 3. The zero-order chi connectivity index (χ0) is 45.5. The summed E-state index contributed by atoms with van der Waals surface area (Å²) in [5, 5.41) is 19.1. The summed E-state index contributed by atoms with van der Waals surface area (Å²) in [4.78, 5) is 38.1. The number of carbonyl (C=O) groups excluding carboxylic acids is 2. The van der Waals surface area contributed by atoms with Crippen LogP contribution >= 0.6 is 0 Å². The van der Waals surface area contributed by atoms with E-state index in [1.807, 2.05) is 13.0 Å². The number of methoxy groups -OCH3 is 1. The normalized spacial score (nSPS) is 21.6. The number of aliphatic hydroxyl groups is 1. The number of unbranched alkanes of at least 4 members (excludes halogenated alkanes) is 4. The van der Waals surface area contributed by atoms with E-state index in [0.29, 0.717) is 11.6 Å². The minimum absolute atomic E-state index is 0.0148. The lowest BCUT2D eigenvalue weighted by Crippen LogP contribution is -2.38. The predicted octanol–water partition coefficient (Wildman–Crippen LogP) is 9.12. The molecule has 5 atom stereocenters. The van der Waals surface area contributed by atoms with Gasteiger partial charge < -0.3 is 34.8 Å². The maximum Gasteiger partial charge on any atom is 0.320 e. The quantitative estimate of drug-likeness (QED) is 0.0438. The smallest absolute Gasteiger partial charge is 0.320 e. The molecule has 5 N–H and O–H groups in total. The SMILES string of the molecule is C=Cc1c2[nH]c(c1C)/C=C1\NC(C3=c4[nH]c(c(C)c4=C(O)[C@@H]3C(=O)OC)/C=c3\[nH]/c(c(C)c3CC)=C\2)[C@@H](CCC(=O)OC/C=C(/C)CCCCCCC[C@H](C)CCCC(C)C)[C@@H]1C. The van der Waals surface area contributed by atoms with Crippen LogP contribution in [0.15, 0.2) is 23.9 Å². The third kappa shape index (κ3) is 10.6. The first-order chi connectivity index (χ1) is 30.2. The number of allylic oxidation sites excluding steroid dienone is 2. The van der Waals surface area contributed by atoms with Crippen LogP contribution in [0.1, 0.15) is 163 Å². The molecule has 2 aliphatic heterocycles. The fourth-order valence-corrected chi connectivity index (χ4v) is 10.5. The number of H-pyrrole nitrogens is 3. The van der Waals surface area contributed by atoms with Gasteiger partial charge >= 0.3 is 11.9 Å². The maximum atomic E-state index is 13.7. The van der Waals surface area contributed by atoms with E-state index < -0.39 is 17.9 Å². The first-order valence-corrected chi connectivity index (χ1v) is 24.0. The van der Waals surface area contributed by atoms with Crippen molar-refractivity contribution in [1.82, 2.24) is 20.3 Å². The molecule has 1 saturated heterocycles. The number of nitrogens with one attached hydrogen (secondary N) is 4. The summed E-state index contributed by atoms with van der Waals surface area (Å²) >= 11 is 0. The van der Waals surface area contributed by atoms with Crippen LogP contribution in [0.3, 0.4) is 0 Å². The van der Waals surface area contributed by atoms with Crippen LogP contribution in [-0.4, -0.2) is 51.8 Å². The van der Waals surface area contributed by atoms with Crippen LogP contribution in [0.2, 0.25) is 0 Å². The highest BCUT2D eigenvalue weighted by Crippen LogP contribution is 2.42. The van der Waals surface area contributed by atoms with Gasteiger partial charge in [-0.25, -0.2) is 0 Å². The van der Waals surface area contributed by atoms with E-state index in [1.165, 1.54) is 75.2 Å². The van der Waals surface area contributed by atoms with Gasteiger partial charge in [0.05, 0.1) is 18.5 Å². The average Bonchev–Trinajstić information content (AvgIpc) is 3.99. The molecule has 3 aromatic heterocycles. The van der Waals surface area contributed by atoms with Crippen LogP contribution < -0.4 is 26.6 Å². The van der Waals surface area contributed by atoms with Gasteiger partial charge in [-0.15, -0.1) is 0 Å². The highest BCUT2D eigenvalue weighted by molar-refractivity contribution is 5.95. The molecule has 8 bridgehead atoms. The second kappa shape index (κ2) is 21.2. The zero-order valence-corrected chi connectivity index (χ0v) is 40.0. The van der Waals surface area contributed by atoms with Crippen molar-refractivity contribution in [3.8, 4) is 0 Å². The van der Waals surface area contributed by atoms with Crippen molar-refractivity contribution in [3.63, 3.8) is 0 Å². The third-order valence-corrected chi connectivity index (χ3v) is 14.4. The molecule has 0 spiro atoms. The lowest BCUT2D eigenvalue weighted by atomic mass is 9.80. The molecule has 3 aliphatic rings. The van der Waals surface area contributed by atoms with Crippen LogP contribution in [0, 0.1) is 50.4 Å². The van der Waals surface area contributed by atoms with Gasteiger partial charge in [-0.05, 0) is 123 Å². The fourth-order valence-electron chi connectivity index (χ4n) is 10.5. The molecule has 1 aliphatic carbocycles. The third-order valence-electron chi connectivity index (χ3n) is 14.4. The summed E-state index contributed by atoms with van der Waals surface area (Å²) in [5.74, 6) is -0.267. The molecule has 0 amide bonds. The Morgan fingerprint density at radius 1 is 0.857 bits per heavy atom. The highest BCUT2D eigenvalue weighted by Gasteiger charge is 2.47. The van der Waals surface area contributed by atoms with E-state index in [2.05, 4.69) is 107 Å². The van der Waals surface area contributed by atoms with Crippen LogP contribution in [0.4, 0.5) is 0 Å². The van der Waals surface area contributed by atoms with Crippen molar-refractivity contribution in [2.75, 3.05) is 13.7 Å². The summed E-state index contributed by atoms with van der Waals surface area (Å²) < 4.78 is 11.2. The standard InChI is InChI=1S/C54H76N4O5/c1-12-38-34(7)41-28-43-36(9)40(24-25-47(59)63-27-26-33(6)22-18-16-14-15-17-21-32(5)23-19-20-31(3)4)51(57-43)49-50(54(61)62-11)53(60)48-37(10)44(58-52(48)49)30-46-39(13-2)35(8)42(56-46)29-45(38)55-41/h12,26,28-32,36,40,50-51,55-58,60H,1,13-25,27H2,2-11H3/b33-26-,42-29-,43-28-,46-30-/t32-,36-,40-,50+,51?/m0/s1. The Hall–Kier alpha value is -4.92. The molecule has 6 rings (SSSR count). The van der Waals surface area contributed by atoms with Crippen molar-refractivity contribution < 1.29 is 24.2 Å². The van der Waals surface area contributed by atoms with Crippen LogP contribution in [-0.2, 0) is 25.5 Å². The highest BCUT2D eigenvalue weighted by atomic mass is 16.5. The molecule has 342 valence electrons. The van der Waals surface area contributed by atoms with Crippen molar-refractivity contribution in [2.24, 2.45) is 29.6 Å². The summed E-state index contributed by atoms with van der Waals surface area (Å²) in [6.07, 6.45) is 24.7. The van der Waals surface area contributed by atoms with Crippen molar-refractivity contribution in [3.05, 3.63) is 90.1 Å². The van der Waals surface area contributed by atoms with Gasteiger partial charge in [0, 0.05) is 56.6 Å². The fraction of sp³-hybridized carbons (Fsp3) is 0.556. The van der Waals surface area contributed by atoms with Gasteiger partial charge in [-0.2, -0.15) is 0 Å². The van der Waals surface area contributed by atoms with Gasteiger partial charge in [0.1, 0.15) is 18.3 Å². The predicted molar refractivity (Wildman–Crippen MR) is 258 cm³/mol. The minimum Gasteiger partial charge on any atom is -0.510 e. The molecule has 0 radical (unpaired) electrons. The topological polar surface area (TPSA) is 132 Å². The second-order valence-electron chi connectivity index (χ2n) is 19.3.